The van der Waals surface area contributed by atoms with Crippen molar-refractivity contribution in [1.29, 1.82) is 0 Å². The van der Waals surface area contributed by atoms with Crippen LogP contribution in [0.2, 0.25) is 0 Å². The van der Waals surface area contributed by atoms with Gasteiger partial charge >= 0.3 is 0 Å². The van der Waals surface area contributed by atoms with Crippen molar-refractivity contribution in [2.45, 2.75) is 0 Å². The van der Waals surface area contributed by atoms with Crippen molar-refractivity contribution in [3.8, 4) is 28.7 Å². The first kappa shape index (κ1) is 19.6. The number of aromatic nitrogens is 4. The van der Waals surface area contributed by atoms with Gasteiger partial charge in [-0.25, -0.2) is 4.98 Å². The maximum absolute atomic E-state index is 6.25. The average molecular weight is 688 g/mol. The van der Waals surface area contributed by atoms with Crippen LogP contribution >= 0.6 is 0 Å². The molecular formula is C32H28N4OPt-2. The van der Waals surface area contributed by atoms with E-state index in [1.54, 1.807) is 6.20 Å². The molecule has 194 valence electrons. The number of para-hydroxylation sites is 2. The number of hydrogen-bond acceptors (Lipinski definition) is 2. The zero-order valence-corrected chi connectivity index (χ0v) is 22.3. The number of hydrogen-bond donors (Lipinski definition) is 0. The van der Waals surface area contributed by atoms with E-state index in [2.05, 4.69) is 52.3 Å². The third-order valence-electron chi connectivity index (χ3n) is 6.28. The quantitative estimate of drug-likeness (QED) is 0.140. The van der Waals surface area contributed by atoms with Gasteiger partial charge < -0.3 is 13.9 Å². The Labute approximate surface area is 246 Å². The third kappa shape index (κ3) is 4.31. The van der Waals surface area contributed by atoms with Crippen LogP contribution in [-0.2, 0) is 21.1 Å². The average Bonchev–Trinajstić information content (AvgIpc) is 3.76. The Morgan fingerprint density at radius 2 is 1.58 bits per heavy atom. The number of benzene rings is 4. The molecule has 3 heterocycles. The molecule has 0 spiro atoms. The first-order valence-corrected chi connectivity index (χ1v) is 12.0. The fourth-order valence-corrected chi connectivity index (χ4v) is 4.60. The van der Waals surface area contributed by atoms with E-state index >= 15 is 0 Å². The smallest absolute Gasteiger partial charge is 0.267 e. The van der Waals surface area contributed by atoms with Gasteiger partial charge in [-0.05, 0) is 41.4 Å². The Balaban J connectivity index is 0.000000763. The van der Waals surface area contributed by atoms with Crippen LogP contribution in [0.4, 0.5) is 0 Å². The molecule has 0 atom stereocenters. The molecule has 4 aromatic carbocycles. The summed E-state index contributed by atoms with van der Waals surface area (Å²) in [5.41, 5.74) is 3.86. The second kappa shape index (κ2) is 10.1. The zero-order chi connectivity index (χ0) is 32.6. The molecule has 0 amide bonds. The minimum Gasteiger partial charge on any atom is -0.510 e. The molecule has 0 aliphatic rings. The van der Waals surface area contributed by atoms with Gasteiger partial charge in [0.15, 0.2) is 0 Å². The van der Waals surface area contributed by atoms with Gasteiger partial charge in [0, 0.05) is 68.5 Å². The minimum atomic E-state index is 0. The molecule has 3 aromatic heterocycles. The fourth-order valence-electron chi connectivity index (χ4n) is 4.60. The largest absolute Gasteiger partial charge is 0.510 e. The van der Waals surface area contributed by atoms with Crippen LogP contribution in [0, 0.1) is 18.5 Å². The fraction of sp³-hybridized carbons (Fsp3) is 0. The SMILES string of the molecule is [2H][2H].[2H][2H].[2H][2H].[2H][2H].[Pt].[c-]1c(Oc2[c-]c3c(cc2)c2ccccc2n3-c2ccccn2)cccc1-[n+]1[c-]n(-c2ccccc2)cc1. The first-order chi connectivity index (χ1) is 22.3. The molecule has 7 aromatic rings. The summed E-state index contributed by atoms with van der Waals surface area (Å²) in [4.78, 5) is 4.59. The van der Waals surface area contributed by atoms with Gasteiger partial charge in [0.2, 0.25) is 0 Å². The van der Waals surface area contributed by atoms with Crippen LogP contribution in [0.15, 0.2) is 122 Å². The molecule has 0 fully saturated rings. The van der Waals surface area contributed by atoms with Gasteiger partial charge in [-0.15, -0.1) is 29.7 Å². The molecule has 0 saturated heterocycles. The zero-order valence-electron chi connectivity index (χ0n) is 28.1. The van der Waals surface area contributed by atoms with Crippen molar-refractivity contribution in [1.82, 2.24) is 14.1 Å². The Kier molecular flexibility index (Phi) is 5.22. The van der Waals surface area contributed by atoms with E-state index in [-0.39, 0.29) is 21.1 Å². The van der Waals surface area contributed by atoms with E-state index in [4.69, 9.17) is 16.6 Å². The van der Waals surface area contributed by atoms with Crippen LogP contribution in [0.25, 0.3) is 39.0 Å². The molecule has 0 radical (unpaired) electrons. The van der Waals surface area contributed by atoms with E-state index in [0.29, 0.717) is 11.5 Å². The van der Waals surface area contributed by atoms with Crippen molar-refractivity contribution in [3.05, 3.63) is 140 Å². The number of nitrogens with zero attached hydrogens (tertiary/aromatic N) is 4. The second-order valence-corrected chi connectivity index (χ2v) is 8.60. The Morgan fingerprint density at radius 1 is 0.763 bits per heavy atom. The monoisotopic (exact) mass is 687 g/mol. The van der Waals surface area contributed by atoms with Gasteiger partial charge in [-0.3, -0.25) is 4.57 Å². The van der Waals surface area contributed by atoms with Crippen LogP contribution in [0.5, 0.6) is 11.5 Å². The predicted octanol–water partition coefficient (Wildman–Crippen LogP) is 7.42. The predicted molar refractivity (Wildman–Crippen MR) is 151 cm³/mol. The van der Waals surface area contributed by atoms with Crippen molar-refractivity contribution in [2.24, 2.45) is 0 Å². The molecule has 0 bridgehead atoms. The first-order valence-electron chi connectivity index (χ1n) is 16.0. The van der Waals surface area contributed by atoms with Crippen molar-refractivity contribution in [3.63, 3.8) is 0 Å². The molecular weight excluding hydrogens is 651 g/mol. The van der Waals surface area contributed by atoms with Gasteiger partial charge in [0.05, 0.1) is 5.69 Å². The van der Waals surface area contributed by atoms with Crippen molar-refractivity contribution >= 4 is 21.8 Å². The summed E-state index contributed by atoms with van der Waals surface area (Å²) >= 11 is 0. The van der Waals surface area contributed by atoms with Gasteiger partial charge in [0.1, 0.15) is 5.82 Å². The number of fused-ring (bicyclic) bond motifs is 3. The molecule has 0 aliphatic heterocycles. The minimum absolute atomic E-state index is 0. The van der Waals surface area contributed by atoms with Crippen LogP contribution in [0.3, 0.4) is 0 Å². The van der Waals surface area contributed by atoms with E-state index in [1.807, 2.05) is 100 Å². The van der Waals surface area contributed by atoms with E-state index in [0.717, 1.165) is 39.0 Å². The Bertz CT molecular complexity index is 1890. The summed E-state index contributed by atoms with van der Waals surface area (Å²) in [6, 6.07) is 41.0. The van der Waals surface area contributed by atoms with Crippen molar-refractivity contribution < 1.29 is 42.2 Å². The summed E-state index contributed by atoms with van der Waals surface area (Å²) in [7, 11) is 0. The van der Waals surface area contributed by atoms with E-state index < -0.39 is 0 Å². The van der Waals surface area contributed by atoms with Gasteiger partial charge in [-0.2, -0.15) is 18.2 Å². The van der Waals surface area contributed by atoms with E-state index in [9.17, 15) is 0 Å². The summed E-state index contributed by atoms with van der Waals surface area (Å²) in [5, 5.41) is 2.24. The molecule has 5 nitrogen and oxygen atoms in total. The van der Waals surface area contributed by atoms with E-state index in [1.165, 1.54) is 0 Å². The van der Waals surface area contributed by atoms with Crippen LogP contribution < -0.4 is 9.30 Å². The number of imidazole rings is 1. The maximum Gasteiger partial charge on any atom is 0.267 e. The summed E-state index contributed by atoms with van der Waals surface area (Å²) in [5.74, 6) is 2.05. The molecule has 7 rings (SSSR count). The number of ether oxygens (including phenoxy) is 1. The Hall–Kier alpha value is -4.47. The van der Waals surface area contributed by atoms with Crippen LogP contribution in [0.1, 0.15) is 11.9 Å². The molecule has 6 heteroatoms. The summed E-state index contributed by atoms with van der Waals surface area (Å²) in [6.45, 7) is 0. The maximum atomic E-state index is 6.25. The van der Waals surface area contributed by atoms with Gasteiger partial charge in [0.25, 0.3) is 6.33 Å². The number of pyridine rings is 1. The molecule has 0 unspecified atom stereocenters. The van der Waals surface area contributed by atoms with Crippen molar-refractivity contribution in [2.75, 3.05) is 0 Å². The molecule has 0 saturated carbocycles. The summed E-state index contributed by atoms with van der Waals surface area (Å²) in [6.07, 6.45) is 9.05. The second-order valence-electron chi connectivity index (χ2n) is 8.60. The van der Waals surface area contributed by atoms with Crippen LogP contribution in [-0.4, -0.2) is 14.1 Å². The van der Waals surface area contributed by atoms with Gasteiger partial charge in [-0.1, -0.05) is 48.0 Å². The number of rotatable bonds is 5. The standard InChI is InChI=1S/C32H20N4O.Pt.4H2/c1-2-9-24(10-3-1)34-19-20-35(23-34)25-11-8-12-26(21-25)37-27-16-17-29-28-13-4-5-14-30(28)36(31(29)22-27)32-15-6-7-18-33-32;;;;;/h1-20H;;4*1H/q-2;;;;;/i;;4*1+1D. The molecule has 38 heavy (non-hydrogen) atoms. The third-order valence-corrected chi connectivity index (χ3v) is 6.28. The summed E-state index contributed by atoms with van der Waals surface area (Å²) < 4.78 is 52.2. The Morgan fingerprint density at radius 3 is 2.45 bits per heavy atom. The molecule has 0 aliphatic carbocycles. The molecule has 0 N–H and O–H groups in total. The normalized spacial score (nSPS) is 11.8. The topological polar surface area (TPSA) is 35.9 Å².